The Hall–Kier alpha value is 0.0900. The van der Waals surface area contributed by atoms with E-state index in [0.717, 1.165) is 5.56 Å². The van der Waals surface area contributed by atoms with Gasteiger partial charge in [0.05, 0.1) is 15.4 Å². The Balaban J connectivity index is 3.03. The lowest BCUT2D eigenvalue weighted by Crippen LogP contribution is -2.13. The lowest BCUT2D eigenvalue weighted by molar-refractivity contribution is 0.396. The second-order valence-electron chi connectivity index (χ2n) is 4.40. The van der Waals surface area contributed by atoms with E-state index in [1.54, 1.807) is 6.07 Å². The summed E-state index contributed by atoms with van der Waals surface area (Å²) in [7, 11) is 0. The minimum atomic E-state index is -0.0581. The maximum atomic E-state index is 6.30. The topological polar surface area (TPSA) is 0 Å². The zero-order chi connectivity index (χ0) is 10.9. The highest BCUT2D eigenvalue weighted by Crippen LogP contribution is 2.39. The number of hydrogen-bond donors (Lipinski definition) is 0. The fourth-order valence-corrected chi connectivity index (χ4v) is 1.61. The largest absolute Gasteiger partial charge is 0.117 e. The SMILES string of the molecule is CC(C)(C)C(Cl)c1ccc(Cl)c(Cl)c1. The predicted octanol–water partition coefficient (Wildman–Crippen LogP) is 5.32. The van der Waals surface area contributed by atoms with Crippen LogP contribution in [0.1, 0.15) is 31.7 Å². The van der Waals surface area contributed by atoms with Crippen molar-refractivity contribution < 1.29 is 0 Å². The first-order valence-electron chi connectivity index (χ1n) is 4.41. The van der Waals surface area contributed by atoms with Crippen molar-refractivity contribution in [3.05, 3.63) is 33.8 Å². The van der Waals surface area contributed by atoms with Gasteiger partial charge in [0, 0.05) is 0 Å². The predicted molar refractivity (Wildman–Crippen MR) is 64.5 cm³/mol. The first-order valence-corrected chi connectivity index (χ1v) is 5.60. The summed E-state index contributed by atoms with van der Waals surface area (Å²) >= 11 is 18.0. The van der Waals surface area contributed by atoms with Crippen LogP contribution in [0.25, 0.3) is 0 Å². The molecule has 0 nitrogen and oxygen atoms in total. The molecular formula is C11H13Cl3. The summed E-state index contributed by atoms with van der Waals surface area (Å²) in [5, 5.41) is 1.06. The van der Waals surface area contributed by atoms with Crippen LogP contribution in [0, 0.1) is 5.41 Å². The van der Waals surface area contributed by atoms with Gasteiger partial charge >= 0.3 is 0 Å². The number of benzene rings is 1. The van der Waals surface area contributed by atoms with Crippen molar-refractivity contribution in [3.8, 4) is 0 Å². The molecule has 0 radical (unpaired) electrons. The molecule has 1 aromatic carbocycles. The van der Waals surface area contributed by atoms with Crippen molar-refractivity contribution in [2.75, 3.05) is 0 Å². The Kier molecular flexibility index (Phi) is 3.74. The molecule has 0 saturated heterocycles. The number of hydrogen-bond acceptors (Lipinski definition) is 0. The van der Waals surface area contributed by atoms with E-state index in [9.17, 15) is 0 Å². The summed E-state index contributed by atoms with van der Waals surface area (Å²) in [4.78, 5) is 0. The van der Waals surface area contributed by atoms with Crippen LogP contribution in [-0.2, 0) is 0 Å². The van der Waals surface area contributed by atoms with Crippen molar-refractivity contribution in [1.29, 1.82) is 0 Å². The minimum absolute atomic E-state index is 0.0126. The molecule has 3 heteroatoms. The van der Waals surface area contributed by atoms with Crippen LogP contribution in [-0.4, -0.2) is 0 Å². The van der Waals surface area contributed by atoms with Crippen LogP contribution in [0.15, 0.2) is 18.2 Å². The normalized spacial score (nSPS) is 14.1. The van der Waals surface area contributed by atoms with Gasteiger partial charge in [0.25, 0.3) is 0 Å². The zero-order valence-corrected chi connectivity index (χ0v) is 10.7. The molecule has 78 valence electrons. The van der Waals surface area contributed by atoms with Crippen LogP contribution in [0.5, 0.6) is 0 Å². The molecule has 0 N–H and O–H groups in total. The molecule has 0 bridgehead atoms. The van der Waals surface area contributed by atoms with Gasteiger partial charge in [-0.25, -0.2) is 0 Å². The second-order valence-corrected chi connectivity index (χ2v) is 5.65. The molecular weight excluding hydrogens is 238 g/mol. The molecule has 0 aliphatic rings. The third kappa shape index (κ3) is 2.79. The molecule has 0 amide bonds. The Bertz CT molecular complexity index is 326. The molecule has 1 rings (SSSR count). The van der Waals surface area contributed by atoms with Crippen molar-refractivity contribution >= 4 is 34.8 Å². The van der Waals surface area contributed by atoms with E-state index in [1.165, 1.54) is 0 Å². The summed E-state index contributed by atoms with van der Waals surface area (Å²) in [5.74, 6) is 0. The molecule has 0 heterocycles. The van der Waals surface area contributed by atoms with E-state index in [0.29, 0.717) is 10.0 Å². The average molecular weight is 252 g/mol. The summed E-state index contributed by atoms with van der Waals surface area (Å²) in [5.41, 5.74) is 1.02. The van der Waals surface area contributed by atoms with E-state index in [1.807, 2.05) is 12.1 Å². The molecule has 1 unspecified atom stereocenters. The van der Waals surface area contributed by atoms with Gasteiger partial charge < -0.3 is 0 Å². The first-order chi connectivity index (χ1) is 6.32. The van der Waals surface area contributed by atoms with Crippen molar-refractivity contribution in [2.45, 2.75) is 26.1 Å². The highest BCUT2D eigenvalue weighted by atomic mass is 35.5. The van der Waals surface area contributed by atoms with E-state index in [-0.39, 0.29) is 10.8 Å². The van der Waals surface area contributed by atoms with Crippen molar-refractivity contribution in [3.63, 3.8) is 0 Å². The summed E-state index contributed by atoms with van der Waals surface area (Å²) < 4.78 is 0. The number of halogens is 3. The van der Waals surface area contributed by atoms with Gasteiger partial charge in [-0.05, 0) is 23.1 Å². The molecule has 1 atom stereocenters. The molecule has 14 heavy (non-hydrogen) atoms. The van der Waals surface area contributed by atoms with Crippen LogP contribution in [0.2, 0.25) is 10.0 Å². The van der Waals surface area contributed by atoms with Crippen molar-refractivity contribution in [1.82, 2.24) is 0 Å². The Morgan fingerprint density at radius 3 is 2.07 bits per heavy atom. The molecule has 0 spiro atoms. The van der Waals surface area contributed by atoms with E-state index in [2.05, 4.69) is 20.8 Å². The third-order valence-corrected chi connectivity index (χ3v) is 3.64. The molecule has 1 aromatic rings. The van der Waals surface area contributed by atoms with Crippen LogP contribution in [0.3, 0.4) is 0 Å². The summed E-state index contributed by atoms with van der Waals surface area (Å²) in [6.45, 7) is 6.27. The highest BCUT2D eigenvalue weighted by molar-refractivity contribution is 6.42. The third-order valence-electron chi connectivity index (χ3n) is 2.00. The highest BCUT2D eigenvalue weighted by Gasteiger charge is 2.24. The van der Waals surface area contributed by atoms with E-state index < -0.39 is 0 Å². The summed E-state index contributed by atoms with van der Waals surface area (Å²) in [6, 6.07) is 5.52. The van der Waals surface area contributed by atoms with Gasteiger partial charge in [0.15, 0.2) is 0 Å². The van der Waals surface area contributed by atoms with E-state index in [4.69, 9.17) is 34.8 Å². The quantitative estimate of drug-likeness (QED) is 0.593. The molecule has 0 fully saturated rings. The van der Waals surface area contributed by atoms with Crippen LogP contribution in [0.4, 0.5) is 0 Å². The molecule has 0 aliphatic heterocycles. The molecule has 0 aromatic heterocycles. The number of rotatable bonds is 1. The smallest absolute Gasteiger partial charge is 0.0634 e. The zero-order valence-electron chi connectivity index (χ0n) is 8.44. The molecule has 0 saturated carbocycles. The van der Waals surface area contributed by atoms with Crippen molar-refractivity contribution in [2.24, 2.45) is 5.41 Å². The maximum absolute atomic E-state index is 6.30. The minimum Gasteiger partial charge on any atom is -0.117 e. The summed E-state index contributed by atoms with van der Waals surface area (Å²) in [6.07, 6.45) is 0. The molecule has 0 aliphatic carbocycles. The van der Waals surface area contributed by atoms with Gasteiger partial charge in [-0.1, -0.05) is 50.0 Å². The average Bonchev–Trinajstić information content (AvgIpc) is 2.07. The fourth-order valence-electron chi connectivity index (χ4n) is 1.17. The second kappa shape index (κ2) is 4.30. The van der Waals surface area contributed by atoms with Crippen LogP contribution >= 0.6 is 34.8 Å². The fraction of sp³-hybridized carbons (Fsp3) is 0.455. The van der Waals surface area contributed by atoms with Gasteiger partial charge in [-0.3, -0.25) is 0 Å². The van der Waals surface area contributed by atoms with Gasteiger partial charge in [-0.15, -0.1) is 11.6 Å². The van der Waals surface area contributed by atoms with Gasteiger partial charge in [-0.2, -0.15) is 0 Å². The maximum Gasteiger partial charge on any atom is 0.0634 e. The van der Waals surface area contributed by atoms with Crippen LogP contribution < -0.4 is 0 Å². The Labute approximate surface area is 100 Å². The lowest BCUT2D eigenvalue weighted by Gasteiger charge is -2.25. The Morgan fingerprint density at radius 1 is 1.07 bits per heavy atom. The lowest BCUT2D eigenvalue weighted by atomic mass is 9.87. The van der Waals surface area contributed by atoms with Gasteiger partial charge in [0.2, 0.25) is 0 Å². The Morgan fingerprint density at radius 2 is 1.64 bits per heavy atom. The van der Waals surface area contributed by atoms with Gasteiger partial charge in [0.1, 0.15) is 0 Å². The monoisotopic (exact) mass is 250 g/mol. The first kappa shape index (κ1) is 12.2. The van der Waals surface area contributed by atoms with E-state index >= 15 is 0 Å². The number of alkyl halides is 1. The standard InChI is InChI=1S/C11H13Cl3/c1-11(2,3)10(14)7-4-5-8(12)9(13)6-7/h4-6,10H,1-3H3.